The minimum absolute atomic E-state index is 0.0263. The highest BCUT2D eigenvalue weighted by Crippen LogP contribution is 2.19. The zero-order valence-electron chi connectivity index (χ0n) is 7.87. The van der Waals surface area contributed by atoms with Gasteiger partial charge in [-0.05, 0) is 24.6 Å². The molecule has 0 aliphatic carbocycles. The summed E-state index contributed by atoms with van der Waals surface area (Å²) in [6.45, 7) is 1.72. The Morgan fingerprint density at radius 3 is 2.47 bits per heavy atom. The lowest BCUT2D eigenvalue weighted by Crippen LogP contribution is -2.20. The second-order valence-corrected chi connectivity index (χ2v) is 4.63. The van der Waals surface area contributed by atoms with Crippen LogP contribution in [0.4, 0.5) is 20.2 Å². The molecule has 0 radical (unpaired) electrons. The molecule has 0 unspecified atom stereocenters. The summed E-state index contributed by atoms with van der Waals surface area (Å²) in [4.78, 5) is 0. The van der Waals surface area contributed by atoms with E-state index >= 15 is 0 Å². The van der Waals surface area contributed by atoms with Gasteiger partial charge in [0.25, 0.3) is 10.0 Å². The first-order valence-electron chi connectivity index (χ1n) is 3.99. The van der Waals surface area contributed by atoms with Crippen LogP contribution in [-0.4, -0.2) is 14.2 Å². The number of anilines is 2. The summed E-state index contributed by atoms with van der Waals surface area (Å²) in [6.07, 6.45) is 0. The fourth-order valence-corrected chi connectivity index (χ4v) is 1.46. The van der Waals surface area contributed by atoms with Gasteiger partial charge >= 0.3 is 5.76 Å². The van der Waals surface area contributed by atoms with Gasteiger partial charge in [0, 0.05) is 5.69 Å². The lowest BCUT2D eigenvalue weighted by molar-refractivity contribution is 0.236. The Balaban J connectivity index is 2.96. The molecule has 0 spiro atoms. The lowest BCUT2D eigenvalue weighted by atomic mass is 10.2. The summed E-state index contributed by atoms with van der Waals surface area (Å²) in [6, 6.07) is 4.19. The van der Waals surface area contributed by atoms with Gasteiger partial charge < -0.3 is 5.73 Å². The van der Waals surface area contributed by atoms with Gasteiger partial charge in [0.2, 0.25) is 0 Å². The molecular weight excluding hydrogens is 226 g/mol. The highest BCUT2D eigenvalue weighted by molar-refractivity contribution is 7.93. The van der Waals surface area contributed by atoms with Crippen molar-refractivity contribution in [3.63, 3.8) is 0 Å². The molecule has 1 rings (SSSR count). The predicted octanol–water partition coefficient (Wildman–Crippen LogP) is 1.54. The zero-order chi connectivity index (χ0) is 11.6. The van der Waals surface area contributed by atoms with Crippen LogP contribution < -0.4 is 10.5 Å². The first-order valence-corrected chi connectivity index (χ1v) is 5.53. The Morgan fingerprint density at radius 2 is 2.00 bits per heavy atom. The maximum Gasteiger partial charge on any atom is 0.355 e. The number of rotatable bonds is 3. The molecule has 1 aromatic rings. The number of benzene rings is 1. The first kappa shape index (κ1) is 11.7. The number of nitrogen functional groups attached to an aromatic ring is 1. The standard InChI is InChI=1S/C8H10F2N2O2S/c1-5-2-3-6(4-7(5)11)12-15(13,14)8(9)10/h2-4,8,12H,11H2,1H3. The van der Waals surface area contributed by atoms with Gasteiger partial charge in [-0.25, -0.2) is 8.42 Å². The van der Waals surface area contributed by atoms with Gasteiger partial charge in [-0.2, -0.15) is 8.78 Å². The van der Waals surface area contributed by atoms with Gasteiger partial charge in [-0.15, -0.1) is 0 Å². The SMILES string of the molecule is Cc1ccc(NS(=O)(=O)C(F)F)cc1N. The average Bonchev–Trinajstić information content (AvgIpc) is 2.10. The number of aryl methyl sites for hydroxylation is 1. The Kier molecular flexibility index (Phi) is 3.13. The van der Waals surface area contributed by atoms with Gasteiger partial charge in [-0.1, -0.05) is 6.07 Å². The molecule has 84 valence electrons. The maximum atomic E-state index is 12.0. The number of nitrogens with one attached hydrogen (secondary N) is 1. The molecule has 0 saturated carbocycles. The molecule has 0 bridgehead atoms. The van der Waals surface area contributed by atoms with Crippen molar-refractivity contribution >= 4 is 21.4 Å². The molecule has 1 aromatic carbocycles. The van der Waals surface area contributed by atoms with E-state index in [-0.39, 0.29) is 5.69 Å². The quantitative estimate of drug-likeness (QED) is 0.782. The van der Waals surface area contributed by atoms with Gasteiger partial charge in [-0.3, -0.25) is 4.72 Å². The zero-order valence-corrected chi connectivity index (χ0v) is 8.68. The molecule has 0 aromatic heterocycles. The Morgan fingerprint density at radius 1 is 1.40 bits per heavy atom. The summed E-state index contributed by atoms with van der Waals surface area (Å²) >= 11 is 0. The maximum absolute atomic E-state index is 12.0. The van der Waals surface area contributed by atoms with Crippen molar-refractivity contribution in [2.45, 2.75) is 12.7 Å². The number of halogens is 2. The van der Waals surface area contributed by atoms with Crippen LogP contribution >= 0.6 is 0 Å². The van der Waals surface area contributed by atoms with E-state index < -0.39 is 15.8 Å². The van der Waals surface area contributed by atoms with E-state index in [0.29, 0.717) is 5.69 Å². The Labute approximate surface area is 86.1 Å². The highest BCUT2D eigenvalue weighted by Gasteiger charge is 2.23. The molecule has 0 heterocycles. The number of nitrogens with two attached hydrogens (primary N) is 1. The van der Waals surface area contributed by atoms with Crippen molar-refractivity contribution in [3.8, 4) is 0 Å². The molecule has 0 saturated heterocycles. The van der Waals surface area contributed by atoms with Gasteiger partial charge in [0.05, 0.1) is 5.69 Å². The Bertz CT molecular complexity index is 460. The van der Waals surface area contributed by atoms with Crippen LogP contribution in [0.3, 0.4) is 0 Å². The van der Waals surface area contributed by atoms with E-state index in [4.69, 9.17) is 5.73 Å². The highest BCUT2D eigenvalue weighted by atomic mass is 32.2. The van der Waals surface area contributed by atoms with Gasteiger partial charge in [0.15, 0.2) is 0 Å². The first-order chi connectivity index (χ1) is 6.83. The van der Waals surface area contributed by atoms with E-state index in [1.54, 1.807) is 17.7 Å². The normalized spacial score (nSPS) is 11.7. The Hall–Kier alpha value is -1.37. The van der Waals surface area contributed by atoms with E-state index in [0.717, 1.165) is 5.56 Å². The fourth-order valence-electron chi connectivity index (χ4n) is 0.913. The molecule has 0 aliphatic rings. The van der Waals surface area contributed by atoms with Crippen molar-refractivity contribution in [2.24, 2.45) is 0 Å². The van der Waals surface area contributed by atoms with Crippen molar-refractivity contribution in [2.75, 3.05) is 10.5 Å². The van der Waals surface area contributed by atoms with Crippen LogP contribution in [0.15, 0.2) is 18.2 Å². The molecule has 15 heavy (non-hydrogen) atoms. The smallest absolute Gasteiger partial charge is 0.355 e. The summed E-state index contributed by atoms with van der Waals surface area (Å²) < 4.78 is 47.3. The predicted molar refractivity (Wildman–Crippen MR) is 54.1 cm³/mol. The molecule has 7 heteroatoms. The molecular formula is C8H10F2N2O2S. The molecule has 0 amide bonds. The third-order valence-electron chi connectivity index (χ3n) is 1.77. The van der Waals surface area contributed by atoms with E-state index in [1.165, 1.54) is 12.1 Å². The van der Waals surface area contributed by atoms with Crippen molar-refractivity contribution in [3.05, 3.63) is 23.8 Å². The largest absolute Gasteiger partial charge is 0.398 e. The minimum atomic E-state index is -4.62. The fraction of sp³-hybridized carbons (Fsp3) is 0.250. The monoisotopic (exact) mass is 236 g/mol. The van der Waals surface area contributed by atoms with Crippen molar-refractivity contribution in [1.29, 1.82) is 0 Å². The second kappa shape index (κ2) is 4.01. The second-order valence-electron chi connectivity index (χ2n) is 2.98. The molecule has 3 N–H and O–H groups in total. The van der Waals surface area contributed by atoms with Crippen LogP contribution in [0.1, 0.15) is 5.56 Å². The molecule has 0 atom stereocenters. The topological polar surface area (TPSA) is 72.2 Å². The molecule has 4 nitrogen and oxygen atoms in total. The van der Waals surface area contributed by atoms with Crippen LogP contribution in [-0.2, 0) is 10.0 Å². The minimum Gasteiger partial charge on any atom is -0.398 e. The summed E-state index contributed by atoms with van der Waals surface area (Å²) in [5.41, 5.74) is 6.60. The van der Waals surface area contributed by atoms with Crippen LogP contribution in [0.2, 0.25) is 0 Å². The number of sulfonamides is 1. The number of hydrogen-bond acceptors (Lipinski definition) is 3. The third kappa shape index (κ3) is 2.79. The van der Waals surface area contributed by atoms with Crippen LogP contribution in [0, 0.1) is 6.92 Å². The van der Waals surface area contributed by atoms with Crippen LogP contribution in [0.25, 0.3) is 0 Å². The van der Waals surface area contributed by atoms with Crippen LogP contribution in [0.5, 0.6) is 0 Å². The summed E-state index contributed by atoms with van der Waals surface area (Å²) in [5, 5.41) is 0. The van der Waals surface area contributed by atoms with Crippen molar-refractivity contribution in [1.82, 2.24) is 0 Å². The van der Waals surface area contributed by atoms with E-state index in [9.17, 15) is 17.2 Å². The number of alkyl halides is 2. The lowest BCUT2D eigenvalue weighted by Gasteiger charge is -2.08. The van der Waals surface area contributed by atoms with E-state index in [2.05, 4.69) is 0 Å². The average molecular weight is 236 g/mol. The van der Waals surface area contributed by atoms with Crippen molar-refractivity contribution < 1.29 is 17.2 Å². The number of hydrogen-bond donors (Lipinski definition) is 2. The summed E-state index contributed by atoms with van der Waals surface area (Å²) in [5.74, 6) is -3.46. The third-order valence-corrected chi connectivity index (χ3v) is 2.76. The molecule has 0 aliphatic heterocycles. The summed E-state index contributed by atoms with van der Waals surface area (Å²) in [7, 11) is -4.62. The molecule has 0 fully saturated rings. The van der Waals surface area contributed by atoms with Gasteiger partial charge in [0.1, 0.15) is 0 Å². The van der Waals surface area contributed by atoms with E-state index in [1.807, 2.05) is 0 Å².